The van der Waals surface area contributed by atoms with Gasteiger partial charge >= 0.3 is 5.97 Å². The number of nitrogens with two attached hydrogens (primary N) is 1. The molecule has 1 unspecified atom stereocenters. The van der Waals surface area contributed by atoms with Crippen LogP contribution in [0.1, 0.15) is 18.1 Å². The first-order valence-electron chi connectivity index (χ1n) is 3.99. The lowest BCUT2D eigenvalue weighted by Gasteiger charge is -2.12. The van der Waals surface area contributed by atoms with Crippen LogP contribution in [0.4, 0.5) is 0 Å². The smallest absolute Gasteiger partial charge is 0.306 e. The van der Waals surface area contributed by atoms with Gasteiger partial charge in [0.2, 0.25) is 0 Å². The standard InChI is InChI=1S/C9H11NO4/c10-14-8(5-9(12)13)6-2-1-3-7(11)4-6/h1-4,8,11H,5,10H2,(H,12,13). The Hall–Kier alpha value is -1.59. The highest BCUT2D eigenvalue weighted by Gasteiger charge is 2.15. The van der Waals surface area contributed by atoms with Gasteiger partial charge in [-0.2, -0.15) is 0 Å². The number of carboxylic acid groups (broad SMARTS) is 1. The maximum absolute atomic E-state index is 10.4. The fourth-order valence-corrected chi connectivity index (χ4v) is 1.13. The average molecular weight is 197 g/mol. The second kappa shape index (κ2) is 4.59. The molecule has 14 heavy (non-hydrogen) atoms. The highest BCUT2D eigenvalue weighted by molar-refractivity contribution is 5.67. The van der Waals surface area contributed by atoms with Crippen LogP contribution in [-0.2, 0) is 9.63 Å². The molecule has 0 radical (unpaired) electrons. The van der Waals surface area contributed by atoms with Crippen LogP contribution in [0.15, 0.2) is 24.3 Å². The monoisotopic (exact) mass is 197 g/mol. The summed E-state index contributed by atoms with van der Waals surface area (Å²) in [5, 5.41) is 17.7. The molecule has 0 saturated carbocycles. The van der Waals surface area contributed by atoms with Crippen molar-refractivity contribution in [3.8, 4) is 5.75 Å². The predicted molar refractivity (Wildman–Crippen MR) is 48.4 cm³/mol. The molecule has 4 N–H and O–H groups in total. The Kier molecular flexibility index (Phi) is 3.44. The van der Waals surface area contributed by atoms with Gasteiger partial charge < -0.3 is 10.2 Å². The zero-order chi connectivity index (χ0) is 10.6. The first-order chi connectivity index (χ1) is 6.63. The summed E-state index contributed by atoms with van der Waals surface area (Å²) in [5.41, 5.74) is 0.537. The topological polar surface area (TPSA) is 92.8 Å². The van der Waals surface area contributed by atoms with E-state index in [-0.39, 0.29) is 12.2 Å². The van der Waals surface area contributed by atoms with Crippen molar-refractivity contribution in [2.24, 2.45) is 5.90 Å². The molecule has 0 aliphatic rings. The molecule has 0 heterocycles. The highest BCUT2D eigenvalue weighted by Crippen LogP contribution is 2.22. The molecule has 5 nitrogen and oxygen atoms in total. The normalized spacial score (nSPS) is 12.4. The van der Waals surface area contributed by atoms with Crippen molar-refractivity contribution in [2.45, 2.75) is 12.5 Å². The summed E-state index contributed by atoms with van der Waals surface area (Å²) in [4.78, 5) is 14.9. The molecular weight excluding hydrogens is 186 g/mol. The van der Waals surface area contributed by atoms with E-state index < -0.39 is 12.1 Å². The van der Waals surface area contributed by atoms with E-state index >= 15 is 0 Å². The maximum atomic E-state index is 10.4. The third kappa shape index (κ3) is 2.72. The lowest BCUT2D eigenvalue weighted by Crippen LogP contribution is -2.13. The first-order valence-corrected chi connectivity index (χ1v) is 3.99. The molecule has 1 rings (SSSR count). The Balaban J connectivity index is 2.83. The number of hydrogen-bond acceptors (Lipinski definition) is 4. The van der Waals surface area contributed by atoms with E-state index in [2.05, 4.69) is 4.84 Å². The van der Waals surface area contributed by atoms with Crippen LogP contribution in [0, 0.1) is 0 Å². The predicted octanol–water partition coefficient (Wildman–Crippen LogP) is 0.798. The van der Waals surface area contributed by atoms with Gasteiger partial charge in [0.1, 0.15) is 11.9 Å². The molecule has 0 aliphatic carbocycles. The Morgan fingerprint density at radius 3 is 2.79 bits per heavy atom. The Labute approximate surface area is 80.7 Å². The number of benzene rings is 1. The molecule has 76 valence electrons. The summed E-state index contributed by atoms with van der Waals surface area (Å²) in [6.07, 6.45) is -0.973. The third-order valence-corrected chi connectivity index (χ3v) is 1.77. The van der Waals surface area contributed by atoms with Crippen molar-refractivity contribution >= 4 is 5.97 Å². The maximum Gasteiger partial charge on any atom is 0.306 e. The molecular formula is C9H11NO4. The van der Waals surface area contributed by atoms with Gasteiger partial charge in [-0.05, 0) is 17.7 Å². The molecule has 0 aromatic heterocycles. The van der Waals surface area contributed by atoms with Gasteiger partial charge in [-0.15, -0.1) is 0 Å². The molecule has 1 aromatic carbocycles. The van der Waals surface area contributed by atoms with Crippen molar-refractivity contribution in [2.75, 3.05) is 0 Å². The van der Waals surface area contributed by atoms with Crippen molar-refractivity contribution in [1.82, 2.24) is 0 Å². The minimum atomic E-state index is -1.01. The van der Waals surface area contributed by atoms with Gasteiger partial charge in [0.15, 0.2) is 0 Å². The van der Waals surface area contributed by atoms with Crippen LogP contribution in [0.25, 0.3) is 0 Å². The summed E-state index contributed by atoms with van der Waals surface area (Å²) in [6.45, 7) is 0. The Morgan fingerprint density at radius 1 is 1.57 bits per heavy atom. The Morgan fingerprint density at radius 2 is 2.29 bits per heavy atom. The molecule has 5 heteroatoms. The van der Waals surface area contributed by atoms with Gasteiger partial charge in [-0.1, -0.05) is 12.1 Å². The number of phenolic OH excluding ortho intramolecular Hbond substituents is 1. The minimum absolute atomic E-state index is 0.0509. The van der Waals surface area contributed by atoms with Crippen LogP contribution < -0.4 is 5.90 Å². The van der Waals surface area contributed by atoms with Crippen LogP contribution in [0.3, 0.4) is 0 Å². The Bertz CT molecular complexity index is 326. The van der Waals surface area contributed by atoms with E-state index in [0.29, 0.717) is 5.56 Å². The van der Waals surface area contributed by atoms with E-state index in [4.69, 9.17) is 16.1 Å². The van der Waals surface area contributed by atoms with Gasteiger partial charge in [0, 0.05) is 0 Å². The number of carbonyl (C=O) groups is 1. The molecule has 0 fully saturated rings. The van der Waals surface area contributed by atoms with E-state index in [1.54, 1.807) is 12.1 Å². The molecule has 1 aromatic rings. The second-order valence-corrected chi connectivity index (χ2v) is 2.82. The van der Waals surface area contributed by atoms with Crippen molar-refractivity contribution < 1.29 is 19.8 Å². The van der Waals surface area contributed by atoms with Gasteiger partial charge in [0.05, 0.1) is 6.42 Å². The fraction of sp³-hybridized carbons (Fsp3) is 0.222. The number of hydrogen-bond donors (Lipinski definition) is 3. The number of aromatic hydroxyl groups is 1. The fourth-order valence-electron chi connectivity index (χ4n) is 1.13. The third-order valence-electron chi connectivity index (χ3n) is 1.77. The van der Waals surface area contributed by atoms with Crippen LogP contribution >= 0.6 is 0 Å². The first kappa shape index (κ1) is 10.5. The minimum Gasteiger partial charge on any atom is -0.508 e. The lowest BCUT2D eigenvalue weighted by atomic mass is 10.1. The van der Waals surface area contributed by atoms with Gasteiger partial charge in [-0.25, -0.2) is 5.90 Å². The number of aliphatic carboxylic acids is 1. The van der Waals surface area contributed by atoms with Gasteiger partial charge in [-0.3, -0.25) is 9.63 Å². The summed E-state index contributed by atoms with van der Waals surface area (Å²) in [5.74, 6) is 4.00. The quantitative estimate of drug-likeness (QED) is 0.621. The largest absolute Gasteiger partial charge is 0.508 e. The van der Waals surface area contributed by atoms with E-state index in [1.807, 2.05) is 0 Å². The summed E-state index contributed by atoms with van der Waals surface area (Å²) in [7, 11) is 0. The SMILES string of the molecule is NOC(CC(=O)O)c1cccc(O)c1. The number of carboxylic acids is 1. The van der Waals surface area contributed by atoms with E-state index in [9.17, 15) is 4.79 Å². The molecule has 0 aliphatic heterocycles. The van der Waals surface area contributed by atoms with E-state index in [0.717, 1.165) is 0 Å². The molecule has 0 bridgehead atoms. The molecule has 1 atom stereocenters. The zero-order valence-corrected chi connectivity index (χ0v) is 7.38. The zero-order valence-electron chi connectivity index (χ0n) is 7.38. The summed E-state index contributed by atoms with van der Waals surface area (Å²) in [6, 6.07) is 6.14. The molecule has 0 amide bonds. The highest BCUT2D eigenvalue weighted by atomic mass is 16.6. The molecule has 0 spiro atoms. The average Bonchev–Trinajstić information content (AvgIpc) is 2.14. The van der Waals surface area contributed by atoms with Crippen molar-refractivity contribution in [3.63, 3.8) is 0 Å². The van der Waals surface area contributed by atoms with E-state index in [1.165, 1.54) is 12.1 Å². The number of rotatable bonds is 4. The molecule has 0 saturated heterocycles. The lowest BCUT2D eigenvalue weighted by molar-refractivity contribution is -0.140. The summed E-state index contributed by atoms with van der Waals surface area (Å²) >= 11 is 0. The summed E-state index contributed by atoms with van der Waals surface area (Å²) < 4.78 is 0. The van der Waals surface area contributed by atoms with Crippen molar-refractivity contribution in [3.05, 3.63) is 29.8 Å². The van der Waals surface area contributed by atoms with Crippen LogP contribution in [0.2, 0.25) is 0 Å². The number of phenols is 1. The van der Waals surface area contributed by atoms with Crippen molar-refractivity contribution in [1.29, 1.82) is 0 Å². The van der Waals surface area contributed by atoms with Crippen LogP contribution in [-0.4, -0.2) is 16.2 Å². The van der Waals surface area contributed by atoms with Gasteiger partial charge in [0.25, 0.3) is 0 Å². The van der Waals surface area contributed by atoms with Crippen LogP contribution in [0.5, 0.6) is 5.75 Å². The second-order valence-electron chi connectivity index (χ2n) is 2.82.